The average molecular weight is 507 g/mol. The minimum absolute atomic E-state index is 0. The van der Waals surface area contributed by atoms with Crippen molar-refractivity contribution >= 4 is 54.9 Å². The molecule has 0 saturated carbocycles. The Morgan fingerprint density at radius 2 is 1.56 bits per heavy atom. The first-order valence-electron chi connectivity index (χ1n) is 9.71. The first-order chi connectivity index (χ1) is 13.9. The summed E-state index contributed by atoms with van der Waals surface area (Å²) in [5.74, 6) is 5.54. The third kappa shape index (κ3) is 8.35. The molecule has 1 aliphatic heterocycles. The fourth-order valence-electron chi connectivity index (χ4n) is 3.38. The number of hydrazine groups is 1. The van der Waals surface area contributed by atoms with Crippen molar-refractivity contribution in [3.63, 3.8) is 0 Å². The normalized spacial score (nSPS) is 12.7. The Labute approximate surface area is 207 Å². The van der Waals surface area contributed by atoms with Gasteiger partial charge < -0.3 is 14.9 Å². The van der Waals surface area contributed by atoms with Crippen LogP contribution in [0, 0.1) is 0 Å². The number of piperazine rings is 1. The molecule has 178 valence electrons. The first-order valence-corrected chi connectivity index (χ1v) is 9.71. The molecule has 0 radical (unpaired) electrons. The molecule has 1 fully saturated rings. The monoisotopic (exact) mass is 505 g/mol. The molecule has 2 amide bonds. The van der Waals surface area contributed by atoms with Gasteiger partial charge in [0.05, 0.1) is 18.4 Å². The molecule has 3 rings (SSSR count). The van der Waals surface area contributed by atoms with Crippen LogP contribution in [-0.4, -0.2) is 58.2 Å². The molecule has 8 nitrogen and oxygen atoms in total. The van der Waals surface area contributed by atoms with Crippen LogP contribution in [0.4, 0.5) is 10.5 Å². The van der Waals surface area contributed by atoms with E-state index >= 15 is 0 Å². The van der Waals surface area contributed by atoms with Gasteiger partial charge in [-0.1, -0.05) is 24.3 Å². The average Bonchev–Trinajstić information content (AvgIpc) is 2.73. The van der Waals surface area contributed by atoms with Crippen LogP contribution in [0.5, 0.6) is 0 Å². The zero-order chi connectivity index (χ0) is 20.8. The van der Waals surface area contributed by atoms with Crippen molar-refractivity contribution in [3.8, 4) is 0 Å². The summed E-state index contributed by atoms with van der Waals surface area (Å²) in [5.41, 5.74) is 4.13. The van der Waals surface area contributed by atoms with E-state index < -0.39 is 6.09 Å². The number of nitrogens with zero attached hydrogens (tertiary/aromatic N) is 4. The lowest BCUT2D eigenvalue weighted by Gasteiger charge is -2.35. The molecule has 3 N–H and O–H groups in total. The SMILES string of the molecule is CC(=O)N1CCN(c2ccc(CCc3ccc(CN(N)C(=O)O)cc3)nc2)CC1.Cl.Cl.Cl. The standard InChI is InChI=1S/C21H27N5O3.3ClH/c1-16(27)24-10-12-25(13-11-24)20-9-8-19(23-14-20)7-6-17-2-4-18(5-3-17)15-26(22)21(28)29;;;/h2-5,8-9,14H,6-7,10-13,15,22H2,1H3,(H,28,29);3*1H. The summed E-state index contributed by atoms with van der Waals surface area (Å²) < 4.78 is 0. The Bertz CT molecular complexity index is 845. The Kier molecular flexibility index (Phi) is 13.0. The zero-order valence-corrected chi connectivity index (χ0v) is 20.3. The fraction of sp³-hybridized carbons (Fsp3) is 0.381. The number of carbonyl (C=O) groups excluding carboxylic acids is 1. The number of halogens is 3. The first kappa shape index (κ1) is 29.7. The lowest BCUT2D eigenvalue weighted by atomic mass is 10.1. The smallest absolute Gasteiger partial charge is 0.421 e. The highest BCUT2D eigenvalue weighted by Crippen LogP contribution is 2.17. The van der Waals surface area contributed by atoms with Gasteiger partial charge in [-0.05, 0) is 36.1 Å². The minimum atomic E-state index is -1.15. The van der Waals surface area contributed by atoms with Crippen LogP contribution in [0.3, 0.4) is 0 Å². The highest BCUT2D eigenvalue weighted by Gasteiger charge is 2.18. The van der Waals surface area contributed by atoms with E-state index in [1.165, 1.54) is 5.56 Å². The van der Waals surface area contributed by atoms with Gasteiger partial charge in [-0.15, -0.1) is 37.2 Å². The van der Waals surface area contributed by atoms with Gasteiger partial charge in [0.1, 0.15) is 0 Å². The molecular formula is C21H30Cl3N5O3. The van der Waals surface area contributed by atoms with E-state index in [-0.39, 0.29) is 49.7 Å². The highest BCUT2D eigenvalue weighted by atomic mass is 35.5. The molecule has 0 aliphatic carbocycles. The van der Waals surface area contributed by atoms with Crippen molar-refractivity contribution in [1.29, 1.82) is 0 Å². The van der Waals surface area contributed by atoms with Crippen LogP contribution >= 0.6 is 37.2 Å². The van der Waals surface area contributed by atoms with Gasteiger partial charge in [0.2, 0.25) is 5.91 Å². The third-order valence-corrected chi connectivity index (χ3v) is 5.19. The lowest BCUT2D eigenvalue weighted by molar-refractivity contribution is -0.129. The van der Waals surface area contributed by atoms with Crippen molar-refractivity contribution in [1.82, 2.24) is 14.9 Å². The van der Waals surface area contributed by atoms with Crippen molar-refractivity contribution in [2.45, 2.75) is 26.3 Å². The number of amides is 2. The number of carboxylic acid groups (broad SMARTS) is 1. The van der Waals surface area contributed by atoms with E-state index in [9.17, 15) is 9.59 Å². The van der Waals surface area contributed by atoms with Crippen molar-refractivity contribution in [3.05, 3.63) is 59.4 Å². The number of hydrogen-bond acceptors (Lipinski definition) is 5. The van der Waals surface area contributed by atoms with E-state index in [2.05, 4.69) is 22.0 Å². The molecule has 0 unspecified atom stereocenters. The maximum absolute atomic E-state index is 11.4. The minimum Gasteiger partial charge on any atom is -0.464 e. The Balaban J connectivity index is 0.00000320. The Hall–Kier alpha value is -2.26. The maximum atomic E-state index is 11.4. The maximum Gasteiger partial charge on any atom is 0.421 e. The second-order valence-electron chi connectivity index (χ2n) is 7.23. The number of benzene rings is 1. The number of aryl methyl sites for hydroxylation is 2. The topological polar surface area (TPSA) is 103 Å². The van der Waals surface area contributed by atoms with Crippen LogP contribution in [0.2, 0.25) is 0 Å². The molecule has 0 spiro atoms. The van der Waals surface area contributed by atoms with Gasteiger partial charge in [-0.2, -0.15) is 0 Å². The molecular weight excluding hydrogens is 477 g/mol. The van der Waals surface area contributed by atoms with Crippen LogP contribution in [0.15, 0.2) is 42.6 Å². The van der Waals surface area contributed by atoms with Crippen LogP contribution in [0.1, 0.15) is 23.7 Å². The second-order valence-corrected chi connectivity index (χ2v) is 7.23. The largest absolute Gasteiger partial charge is 0.464 e. The van der Waals surface area contributed by atoms with E-state index in [0.29, 0.717) is 0 Å². The number of carbonyl (C=O) groups is 2. The molecule has 2 heterocycles. The summed E-state index contributed by atoms with van der Waals surface area (Å²) in [6.07, 6.45) is 2.44. The summed E-state index contributed by atoms with van der Waals surface area (Å²) in [6.45, 7) is 4.94. The summed E-state index contributed by atoms with van der Waals surface area (Å²) in [5, 5.41) is 9.58. The fourth-order valence-corrected chi connectivity index (χ4v) is 3.38. The second kappa shape index (κ2) is 14.0. The molecule has 1 aromatic heterocycles. The predicted molar refractivity (Wildman–Crippen MR) is 132 cm³/mol. The highest BCUT2D eigenvalue weighted by molar-refractivity contribution is 5.86. The van der Waals surface area contributed by atoms with Crippen molar-refractivity contribution < 1.29 is 14.7 Å². The van der Waals surface area contributed by atoms with Gasteiger partial charge in [0, 0.05) is 38.8 Å². The summed E-state index contributed by atoms with van der Waals surface area (Å²) in [4.78, 5) is 30.9. The molecule has 0 bridgehead atoms. The number of anilines is 1. The van der Waals surface area contributed by atoms with E-state index in [1.54, 1.807) is 6.92 Å². The summed E-state index contributed by atoms with van der Waals surface area (Å²) in [6, 6.07) is 11.9. The molecule has 1 aliphatic rings. The molecule has 1 aromatic carbocycles. The number of rotatable bonds is 6. The van der Waals surface area contributed by atoms with Gasteiger partial charge in [0.15, 0.2) is 0 Å². The molecule has 2 aromatic rings. The van der Waals surface area contributed by atoms with Gasteiger partial charge >= 0.3 is 6.09 Å². The molecule has 0 atom stereocenters. The Morgan fingerprint density at radius 1 is 0.969 bits per heavy atom. The number of pyridine rings is 1. The van der Waals surface area contributed by atoms with Crippen molar-refractivity contribution in [2.24, 2.45) is 5.84 Å². The van der Waals surface area contributed by atoms with Crippen LogP contribution in [0.25, 0.3) is 0 Å². The zero-order valence-electron chi connectivity index (χ0n) is 17.8. The lowest BCUT2D eigenvalue weighted by Crippen LogP contribution is -2.48. The van der Waals surface area contributed by atoms with Gasteiger partial charge in [0.25, 0.3) is 0 Å². The molecule has 32 heavy (non-hydrogen) atoms. The van der Waals surface area contributed by atoms with Gasteiger partial charge in [-0.25, -0.2) is 15.6 Å². The molecule has 11 heteroatoms. The summed E-state index contributed by atoms with van der Waals surface area (Å²) >= 11 is 0. The summed E-state index contributed by atoms with van der Waals surface area (Å²) in [7, 11) is 0. The van der Waals surface area contributed by atoms with Crippen LogP contribution in [-0.2, 0) is 24.2 Å². The molecule has 1 saturated heterocycles. The number of nitrogens with two attached hydrogens (primary N) is 1. The van der Waals surface area contributed by atoms with Crippen molar-refractivity contribution in [2.75, 3.05) is 31.1 Å². The van der Waals surface area contributed by atoms with Gasteiger partial charge in [-0.3, -0.25) is 9.78 Å². The van der Waals surface area contributed by atoms with E-state index in [4.69, 9.17) is 10.9 Å². The quantitative estimate of drug-likeness (QED) is 0.354. The number of hydrogen-bond donors (Lipinski definition) is 2. The predicted octanol–water partition coefficient (Wildman–Crippen LogP) is 3.15. The third-order valence-electron chi connectivity index (χ3n) is 5.19. The Morgan fingerprint density at radius 3 is 2.06 bits per heavy atom. The van der Waals surface area contributed by atoms with Crippen LogP contribution < -0.4 is 10.7 Å². The van der Waals surface area contributed by atoms with E-state index in [1.807, 2.05) is 35.4 Å². The number of aromatic nitrogens is 1. The van der Waals surface area contributed by atoms with E-state index in [0.717, 1.165) is 61.0 Å².